The Bertz CT molecular complexity index is 1640. The monoisotopic (exact) mass is 594 g/mol. The first-order chi connectivity index (χ1) is 19.8. The lowest BCUT2D eigenvalue weighted by molar-refractivity contribution is -0.384. The molecule has 1 fully saturated rings. The predicted molar refractivity (Wildman–Crippen MR) is 160 cm³/mol. The maximum absolute atomic E-state index is 13.2. The molecular formula is C28H30N6O5S2. The van der Waals surface area contributed by atoms with E-state index in [4.69, 9.17) is 0 Å². The fraction of sp³-hybridized carbons (Fsp3) is 0.286. The molecular weight excluding hydrogens is 564 g/mol. The highest BCUT2D eigenvalue weighted by atomic mass is 32.2. The van der Waals surface area contributed by atoms with E-state index in [1.807, 2.05) is 6.07 Å². The van der Waals surface area contributed by atoms with Crippen molar-refractivity contribution in [1.29, 1.82) is 0 Å². The molecule has 214 valence electrons. The van der Waals surface area contributed by atoms with Crippen molar-refractivity contribution < 1.29 is 18.1 Å². The fourth-order valence-corrected chi connectivity index (χ4v) is 7.26. The standard InChI is InChI=1S/C28H30N6O5S2/c1-2-33(22-6-4-3-5-7-22)41(38,39)24-11-8-21(9-12-24)27(35)29-14-15-31-16-18-32(19-17-31)28-30-25-13-10-23(34(36)37)20-26(25)40-28/h3-13,20H,2,14-19H2,1H3,(H,29,35). The largest absolute Gasteiger partial charge is 0.351 e. The molecule has 1 aromatic heterocycles. The van der Waals surface area contributed by atoms with Gasteiger partial charge >= 0.3 is 0 Å². The van der Waals surface area contributed by atoms with Crippen LogP contribution in [0.25, 0.3) is 10.2 Å². The Morgan fingerprint density at radius 2 is 1.76 bits per heavy atom. The van der Waals surface area contributed by atoms with Gasteiger partial charge < -0.3 is 10.2 Å². The van der Waals surface area contributed by atoms with Gasteiger partial charge in [0.15, 0.2) is 5.13 Å². The van der Waals surface area contributed by atoms with Crippen molar-refractivity contribution in [2.45, 2.75) is 11.8 Å². The predicted octanol–water partition coefficient (Wildman–Crippen LogP) is 3.97. The molecule has 1 aliphatic heterocycles. The molecule has 3 aromatic carbocycles. The van der Waals surface area contributed by atoms with Crippen LogP contribution in [-0.4, -0.2) is 74.9 Å². The molecule has 2 heterocycles. The van der Waals surface area contributed by atoms with Gasteiger partial charge in [0.05, 0.1) is 25.7 Å². The molecule has 0 bridgehead atoms. The van der Waals surface area contributed by atoms with Gasteiger partial charge in [-0.1, -0.05) is 29.5 Å². The van der Waals surface area contributed by atoms with Gasteiger partial charge in [0.25, 0.3) is 21.6 Å². The van der Waals surface area contributed by atoms with Crippen LogP contribution in [0.1, 0.15) is 17.3 Å². The van der Waals surface area contributed by atoms with Crippen LogP contribution < -0.4 is 14.5 Å². The molecule has 1 saturated heterocycles. The third-order valence-electron chi connectivity index (χ3n) is 6.96. The van der Waals surface area contributed by atoms with Crippen LogP contribution in [0.4, 0.5) is 16.5 Å². The summed E-state index contributed by atoms with van der Waals surface area (Å²) in [4.78, 5) is 32.6. The van der Waals surface area contributed by atoms with Crippen molar-refractivity contribution in [3.63, 3.8) is 0 Å². The van der Waals surface area contributed by atoms with E-state index in [9.17, 15) is 23.3 Å². The number of nitrogens with one attached hydrogen (secondary N) is 1. The van der Waals surface area contributed by atoms with E-state index in [-0.39, 0.29) is 23.0 Å². The molecule has 0 radical (unpaired) electrons. The minimum Gasteiger partial charge on any atom is -0.351 e. The summed E-state index contributed by atoms with van der Waals surface area (Å²) in [5.41, 5.74) is 1.80. The van der Waals surface area contributed by atoms with Crippen molar-refractivity contribution in [2.75, 3.05) is 55.0 Å². The number of amides is 1. The maximum atomic E-state index is 13.2. The number of hydrogen-bond acceptors (Lipinski definition) is 9. The average molecular weight is 595 g/mol. The van der Waals surface area contributed by atoms with Crippen LogP contribution in [0.5, 0.6) is 0 Å². The number of anilines is 2. The van der Waals surface area contributed by atoms with Gasteiger partial charge in [-0.25, -0.2) is 13.4 Å². The summed E-state index contributed by atoms with van der Waals surface area (Å²) in [5.74, 6) is -0.258. The Morgan fingerprint density at radius 3 is 2.41 bits per heavy atom. The van der Waals surface area contributed by atoms with Crippen molar-refractivity contribution in [3.8, 4) is 0 Å². The molecule has 1 amide bonds. The van der Waals surface area contributed by atoms with Crippen LogP contribution in [0.15, 0.2) is 77.7 Å². The number of aromatic nitrogens is 1. The Morgan fingerprint density at radius 1 is 1.05 bits per heavy atom. The smallest absolute Gasteiger partial charge is 0.270 e. The minimum absolute atomic E-state index is 0.0618. The van der Waals surface area contributed by atoms with E-state index in [1.165, 1.54) is 46.0 Å². The molecule has 4 aromatic rings. The summed E-state index contributed by atoms with van der Waals surface area (Å²) in [6.45, 7) is 6.34. The highest BCUT2D eigenvalue weighted by molar-refractivity contribution is 7.92. The highest BCUT2D eigenvalue weighted by Crippen LogP contribution is 2.32. The van der Waals surface area contributed by atoms with Crippen LogP contribution in [0, 0.1) is 10.1 Å². The van der Waals surface area contributed by atoms with Crippen molar-refractivity contribution in [2.24, 2.45) is 0 Å². The van der Waals surface area contributed by atoms with Crippen molar-refractivity contribution >= 4 is 54.0 Å². The van der Waals surface area contributed by atoms with E-state index < -0.39 is 14.9 Å². The van der Waals surface area contributed by atoms with Crippen molar-refractivity contribution in [3.05, 3.63) is 88.5 Å². The molecule has 11 nitrogen and oxygen atoms in total. The average Bonchev–Trinajstić information content (AvgIpc) is 3.42. The topological polar surface area (TPSA) is 129 Å². The van der Waals surface area contributed by atoms with E-state index in [0.717, 1.165) is 41.5 Å². The van der Waals surface area contributed by atoms with Gasteiger partial charge in [-0.3, -0.25) is 24.1 Å². The summed E-state index contributed by atoms with van der Waals surface area (Å²) in [5, 5.41) is 14.8. The number of rotatable bonds is 10. The SMILES string of the molecule is CCN(c1ccccc1)S(=O)(=O)c1ccc(C(=O)NCCN2CCN(c3nc4ccc([N+](=O)[O-])cc4s3)CC2)cc1. The van der Waals surface area contributed by atoms with E-state index in [0.29, 0.717) is 24.3 Å². The Labute approximate surface area is 242 Å². The number of nitro groups is 1. The van der Waals surface area contributed by atoms with Gasteiger partial charge in [0.2, 0.25) is 0 Å². The number of piperazine rings is 1. The van der Waals surface area contributed by atoms with E-state index >= 15 is 0 Å². The van der Waals surface area contributed by atoms with Gasteiger partial charge in [0, 0.05) is 63.5 Å². The molecule has 1 N–H and O–H groups in total. The third kappa shape index (κ3) is 6.32. The van der Waals surface area contributed by atoms with Crippen LogP contribution >= 0.6 is 11.3 Å². The Kier molecular flexibility index (Phi) is 8.47. The fourth-order valence-electron chi connectivity index (χ4n) is 4.73. The molecule has 0 aliphatic carbocycles. The first-order valence-corrected chi connectivity index (χ1v) is 15.5. The molecule has 5 rings (SSSR count). The lowest BCUT2D eigenvalue weighted by Gasteiger charge is -2.34. The van der Waals surface area contributed by atoms with Crippen LogP contribution in [0.2, 0.25) is 0 Å². The molecule has 0 spiro atoms. The summed E-state index contributed by atoms with van der Waals surface area (Å²) in [6, 6.07) is 19.6. The second-order valence-corrected chi connectivity index (χ2v) is 12.4. The van der Waals surface area contributed by atoms with Gasteiger partial charge in [-0.15, -0.1) is 0 Å². The zero-order chi connectivity index (χ0) is 29.0. The molecule has 1 aliphatic rings. The number of carbonyl (C=O) groups is 1. The number of sulfonamides is 1. The number of hydrogen-bond donors (Lipinski definition) is 1. The van der Waals surface area contributed by atoms with Crippen LogP contribution in [0.3, 0.4) is 0 Å². The van der Waals surface area contributed by atoms with E-state index in [2.05, 4.69) is 20.1 Å². The Hall–Kier alpha value is -4.07. The number of carbonyl (C=O) groups excluding carboxylic acids is 1. The first kappa shape index (κ1) is 28.5. The minimum atomic E-state index is -3.76. The second kappa shape index (κ2) is 12.2. The molecule has 0 saturated carbocycles. The maximum Gasteiger partial charge on any atom is 0.270 e. The number of para-hydroxylation sites is 1. The first-order valence-electron chi connectivity index (χ1n) is 13.2. The number of fused-ring (bicyclic) bond motifs is 1. The van der Waals surface area contributed by atoms with E-state index in [1.54, 1.807) is 43.3 Å². The zero-order valence-corrected chi connectivity index (χ0v) is 24.1. The third-order valence-corrected chi connectivity index (χ3v) is 9.96. The number of non-ortho nitro benzene ring substituents is 1. The molecule has 13 heteroatoms. The quantitative estimate of drug-likeness (QED) is 0.216. The summed E-state index contributed by atoms with van der Waals surface area (Å²) < 4.78 is 28.5. The van der Waals surface area contributed by atoms with Gasteiger partial charge in [-0.05, 0) is 49.4 Å². The Balaban J connectivity index is 1.11. The molecule has 41 heavy (non-hydrogen) atoms. The van der Waals surface area contributed by atoms with Crippen LogP contribution in [-0.2, 0) is 10.0 Å². The number of benzene rings is 3. The van der Waals surface area contributed by atoms with Gasteiger partial charge in [-0.2, -0.15) is 0 Å². The molecule has 0 unspecified atom stereocenters. The summed E-state index contributed by atoms with van der Waals surface area (Å²) in [7, 11) is -3.76. The number of nitro benzene ring substituents is 1. The molecule has 0 atom stereocenters. The highest BCUT2D eigenvalue weighted by Gasteiger charge is 2.24. The number of thiazole rings is 1. The summed E-state index contributed by atoms with van der Waals surface area (Å²) >= 11 is 1.45. The second-order valence-electron chi connectivity index (χ2n) is 9.52. The lowest BCUT2D eigenvalue weighted by Crippen LogP contribution is -2.48. The van der Waals surface area contributed by atoms with Crippen molar-refractivity contribution in [1.82, 2.24) is 15.2 Å². The summed E-state index contributed by atoms with van der Waals surface area (Å²) in [6.07, 6.45) is 0. The zero-order valence-electron chi connectivity index (χ0n) is 22.5. The number of nitrogens with zero attached hydrogens (tertiary/aromatic N) is 5. The normalized spacial score (nSPS) is 14.2. The van der Waals surface area contributed by atoms with Gasteiger partial charge in [0.1, 0.15) is 0 Å². The lowest BCUT2D eigenvalue weighted by atomic mass is 10.2.